The molecule has 11 heteroatoms. The number of carboxylic acids is 1. The van der Waals surface area contributed by atoms with Crippen LogP contribution < -0.4 is 15.8 Å². The van der Waals surface area contributed by atoms with Gasteiger partial charge in [0.1, 0.15) is 11.5 Å². The van der Waals surface area contributed by atoms with Crippen molar-refractivity contribution in [1.29, 1.82) is 0 Å². The number of β-amino-alcohol motifs (C(OH)–C–C–N with tert-alkyl or cyclic N) is 1. The quantitative estimate of drug-likeness (QED) is 0.458. The second-order valence-electron chi connectivity index (χ2n) is 9.45. The number of thiazole rings is 1. The SMILES string of the molecule is CC(C)(C)c1csc(NC(=O)c2ccn3c(=O)c(C=CC(=O)O)c(N4CCCC(O)C4)nc3c2)n1. The number of fused-ring (bicyclic) bond motifs is 1. The van der Waals surface area contributed by atoms with Crippen molar-refractivity contribution in [3.63, 3.8) is 0 Å². The van der Waals surface area contributed by atoms with E-state index in [0.29, 0.717) is 30.1 Å². The van der Waals surface area contributed by atoms with Gasteiger partial charge in [0.05, 0.1) is 17.4 Å². The van der Waals surface area contributed by atoms with Gasteiger partial charge in [-0.1, -0.05) is 20.8 Å². The molecule has 0 bridgehead atoms. The summed E-state index contributed by atoms with van der Waals surface area (Å²) in [6.45, 7) is 6.96. The normalized spacial score (nSPS) is 16.7. The first-order valence-electron chi connectivity index (χ1n) is 11.2. The summed E-state index contributed by atoms with van der Waals surface area (Å²) in [6.07, 6.45) is 4.31. The number of carbonyl (C=O) groups excluding carboxylic acids is 1. The third-order valence-electron chi connectivity index (χ3n) is 5.69. The molecule has 1 atom stereocenters. The predicted molar refractivity (Wildman–Crippen MR) is 134 cm³/mol. The van der Waals surface area contributed by atoms with Gasteiger partial charge in [0.15, 0.2) is 5.13 Å². The minimum absolute atomic E-state index is 0.105. The second-order valence-corrected chi connectivity index (χ2v) is 10.3. The maximum atomic E-state index is 13.2. The third kappa shape index (κ3) is 5.41. The lowest BCUT2D eigenvalue weighted by Crippen LogP contribution is -2.40. The smallest absolute Gasteiger partial charge is 0.328 e. The monoisotopic (exact) mass is 497 g/mol. The number of amides is 1. The van der Waals surface area contributed by atoms with Crippen LogP contribution in [0.1, 0.15) is 55.2 Å². The van der Waals surface area contributed by atoms with E-state index in [1.54, 1.807) is 4.90 Å². The number of piperidine rings is 1. The van der Waals surface area contributed by atoms with Gasteiger partial charge in [-0.3, -0.25) is 19.3 Å². The number of carboxylic acid groups (broad SMARTS) is 1. The van der Waals surface area contributed by atoms with Crippen molar-refractivity contribution in [3.05, 3.63) is 57.0 Å². The van der Waals surface area contributed by atoms with Gasteiger partial charge < -0.3 is 15.1 Å². The molecule has 35 heavy (non-hydrogen) atoms. The fourth-order valence-corrected chi connectivity index (χ4v) is 4.75. The number of aliphatic carboxylic acids is 1. The van der Waals surface area contributed by atoms with Crippen molar-refractivity contribution in [2.45, 2.75) is 45.1 Å². The number of aliphatic hydroxyl groups excluding tert-OH is 1. The molecule has 4 rings (SSSR count). The molecule has 3 aromatic heterocycles. The lowest BCUT2D eigenvalue weighted by atomic mass is 9.93. The lowest BCUT2D eigenvalue weighted by Gasteiger charge is -2.32. The fraction of sp³-hybridized carbons (Fsp3) is 0.375. The highest BCUT2D eigenvalue weighted by Gasteiger charge is 2.24. The van der Waals surface area contributed by atoms with Crippen LogP contribution in [-0.4, -0.2) is 55.7 Å². The molecule has 10 nitrogen and oxygen atoms in total. The van der Waals surface area contributed by atoms with Crippen LogP contribution in [-0.2, 0) is 10.2 Å². The molecule has 0 spiro atoms. The predicted octanol–water partition coefficient (Wildman–Crippen LogP) is 2.76. The van der Waals surface area contributed by atoms with Gasteiger partial charge in [0.2, 0.25) is 0 Å². The number of anilines is 2. The van der Waals surface area contributed by atoms with Crippen LogP contribution in [0.3, 0.4) is 0 Å². The molecule has 1 amide bonds. The van der Waals surface area contributed by atoms with Crippen molar-refractivity contribution >= 4 is 45.9 Å². The van der Waals surface area contributed by atoms with E-state index in [4.69, 9.17) is 5.11 Å². The van der Waals surface area contributed by atoms with Gasteiger partial charge in [-0.15, -0.1) is 11.3 Å². The molecule has 1 unspecified atom stereocenters. The highest BCUT2D eigenvalue weighted by Crippen LogP contribution is 2.27. The van der Waals surface area contributed by atoms with E-state index in [0.717, 1.165) is 11.8 Å². The third-order valence-corrected chi connectivity index (χ3v) is 6.45. The molecule has 0 saturated carbocycles. The van der Waals surface area contributed by atoms with Crippen molar-refractivity contribution in [2.75, 3.05) is 23.3 Å². The molecule has 3 aromatic rings. The average molecular weight is 498 g/mol. The molecule has 184 valence electrons. The van der Waals surface area contributed by atoms with Crippen LogP contribution in [0.25, 0.3) is 11.7 Å². The van der Waals surface area contributed by atoms with E-state index >= 15 is 0 Å². The molecular formula is C24H27N5O5S. The zero-order valence-corrected chi connectivity index (χ0v) is 20.5. The summed E-state index contributed by atoms with van der Waals surface area (Å²) < 4.78 is 1.27. The first-order valence-corrected chi connectivity index (χ1v) is 12.1. The Hall–Kier alpha value is -3.57. The first-order chi connectivity index (χ1) is 16.5. The van der Waals surface area contributed by atoms with E-state index in [1.165, 1.54) is 40.1 Å². The lowest BCUT2D eigenvalue weighted by molar-refractivity contribution is -0.131. The number of hydrogen-bond acceptors (Lipinski definition) is 8. The van der Waals surface area contributed by atoms with Crippen molar-refractivity contribution in [1.82, 2.24) is 14.4 Å². The Bertz CT molecular complexity index is 1370. The van der Waals surface area contributed by atoms with E-state index in [-0.39, 0.29) is 34.9 Å². The van der Waals surface area contributed by atoms with E-state index in [1.807, 2.05) is 26.2 Å². The molecule has 1 aliphatic rings. The van der Waals surface area contributed by atoms with Crippen LogP contribution in [0.4, 0.5) is 10.9 Å². The molecule has 4 heterocycles. The Morgan fingerprint density at radius 3 is 2.71 bits per heavy atom. The van der Waals surface area contributed by atoms with Crippen LogP contribution in [0, 0.1) is 0 Å². The van der Waals surface area contributed by atoms with Gasteiger partial charge >= 0.3 is 5.97 Å². The summed E-state index contributed by atoms with van der Waals surface area (Å²) in [6, 6.07) is 3.00. The van der Waals surface area contributed by atoms with E-state index in [2.05, 4.69) is 15.3 Å². The first kappa shape index (κ1) is 24.6. The largest absolute Gasteiger partial charge is 0.478 e. The summed E-state index contributed by atoms with van der Waals surface area (Å²) in [5.74, 6) is -1.30. The molecule has 0 radical (unpaired) electrons. The van der Waals surface area contributed by atoms with Crippen LogP contribution >= 0.6 is 11.3 Å². The Kier molecular flexibility index (Phi) is 6.73. The summed E-state index contributed by atoms with van der Waals surface area (Å²) in [4.78, 5) is 48.1. The summed E-state index contributed by atoms with van der Waals surface area (Å²) in [7, 11) is 0. The Morgan fingerprint density at radius 1 is 1.29 bits per heavy atom. The molecule has 3 N–H and O–H groups in total. The molecule has 1 aliphatic heterocycles. The second kappa shape index (κ2) is 9.59. The number of aromatic nitrogens is 3. The topological polar surface area (TPSA) is 137 Å². The van der Waals surface area contributed by atoms with E-state index < -0.39 is 17.6 Å². The summed E-state index contributed by atoms with van der Waals surface area (Å²) in [5.41, 5.74) is 0.902. The van der Waals surface area contributed by atoms with Gasteiger partial charge in [-0.05, 0) is 31.1 Å². The van der Waals surface area contributed by atoms with Gasteiger partial charge in [-0.25, -0.2) is 14.8 Å². The number of carbonyl (C=O) groups is 2. The number of aliphatic hydroxyl groups is 1. The molecular weight excluding hydrogens is 470 g/mol. The maximum absolute atomic E-state index is 13.2. The highest BCUT2D eigenvalue weighted by molar-refractivity contribution is 7.14. The van der Waals surface area contributed by atoms with Crippen LogP contribution in [0.15, 0.2) is 34.6 Å². The maximum Gasteiger partial charge on any atom is 0.328 e. The standard InChI is InChI=1S/C24H27N5O5S/c1-24(2,3)17-13-35-23(25-17)27-21(33)14-8-10-29-18(11-14)26-20(28-9-4-5-15(30)12-28)16(22(29)34)6-7-19(31)32/h6-8,10-11,13,15,30H,4-5,9,12H2,1-3H3,(H,31,32)(H,25,27,33). The number of rotatable bonds is 5. The molecule has 1 saturated heterocycles. The number of nitrogens with one attached hydrogen (secondary N) is 1. The average Bonchev–Trinajstić information content (AvgIpc) is 3.27. The van der Waals surface area contributed by atoms with E-state index in [9.17, 15) is 19.5 Å². The van der Waals surface area contributed by atoms with Crippen molar-refractivity contribution in [2.24, 2.45) is 0 Å². The van der Waals surface area contributed by atoms with Crippen molar-refractivity contribution in [3.8, 4) is 0 Å². The zero-order chi connectivity index (χ0) is 25.3. The van der Waals surface area contributed by atoms with Gasteiger partial charge in [-0.2, -0.15) is 0 Å². The summed E-state index contributed by atoms with van der Waals surface area (Å²) in [5, 5.41) is 24.4. The molecule has 1 fully saturated rings. The van der Waals surface area contributed by atoms with Crippen LogP contribution in [0.5, 0.6) is 0 Å². The highest BCUT2D eigenvalue weighted by atomic mass is 32.1. The van der Waals surface area contributed by atoms with Crippen LogP contribution in [0.2, 0.25) is 0 Å². The zero-order valence-electron chi connectivity index (χ0n) is 19.7. The Balaban J connectivity index is 1.72. The Labute approximate surface area is 205 Å². The Morgan fingerprint density at radius 2 is 2.06 bits per heavy atom. The molecule has 0 aromatic carbocycles. The van der Waals surface area contributed by atoms with Crippen molar-refractivity contribution < 1.29 is 19.8 Å². The molecule has 0 aliphatic carbocycles. The number of nitrogens with zero attached hydrogens (tertiary/aromatic N) is 4. The number of pyridine rings is 1. The summed E-state index contributed by atoms with van der Waals surface area (Å²) >= 11 is 1.34. The number of hydrogen-bond donors (Lipinski definition) is 3. The van der Waals surface area contributed by atoms with Gasteiger partial charge in [0.25, 0.3) is 11.5 Å². The minimum Gasteiger partial charge on any atom is -0.478 e. The fourth-order valence-electron chi connectivity index (χ4n) is 3.81. The van der Waals surface area contributed by atoms with Gasteiger partial charge in [0, 0.05) is 41.7 Å². The minimum atomic E-state index is -1.19.